The molecule has 1 heterocycles. The van der Waals surface area contributed by atoms with Gasteiger partial charge in [-0.25, -0.2) is 22.7 Å². The van der Waals surface area contributed by atoms with Gasteiger partial charge in [0.1, 0.15) is 11.9 Å². The molecular weight excluding hydrogens is 485 g/mol. The summed E-state index contributed by atoms with van der Waals surface area (Å²) in [6.45, 7) is 8.18. The molecule has 3 N–H and O–H groups in total. The Morgan fingerprint density at radius 2 is 1.94 bits per heavy atom. The third-order valence-corrected chi connectivity index (χ3v) is 7.78. The van der Waals surface area contributed by atoms with Crippen LogP contribution in [0.1, 0.15) is 60.9 Å². The Hall–Kier alpha value is -2.53. The van der Waals surface area contributed by atoms with E-state index in [4.69, 9.17) is 16.0 Å². The van der Waals surface area contributed by atoms with Crippen LogP contribution in [-0.4, -0.2) is 30.3 Å². The van der Waals surface area contributed by atoms with Crippen molar-refractivity contribution in [2.24, 2.45) is 0 Å². The van der Waals surface area contributed by atoms with Gasteiger partial charge < -0.3 is 9.52 Å². The second-order valence-electron chi connectivity index (χ2n) is 8.92. The van der Waals surface area contributed by atoms with E-state index in [1.807, 2.05) is 6.92 Å². The SMILES string of the molecule is Cc1ccc(F)c(C(C)[C@H](NS(=O)(=O)c2ccc(Cl)cc2C(C)(C)CO)c2n[nH]c(=O)o2)c1C. The van der Waals surface area contributed by atoms with Crippen LogP contribution in [0.3, 0.4) is 0 Å². The predicted octanol–water partition coefficient (Wildman–Crippen LogP) is 3.87. The molecule has 2 aromatic carbocycles. The second kappa shape index (κ2) is 9.61. The van der Waals surface area contributed by atoms with Crippen LogP contribution < -0.4 is 10.5 Å². The van der Waals surface area contributed by atoms with Crippen molar-refractivity contribution in [3.8, 4) is 0 Å². The maximum Gasteiger partial charge on any atom is 0.434 e. The Morgan fingerprint density at radius 1 is 1.26 bits per heavy atom. The Morgan fingerprint density at radius 3 is 2.53 bits per heavy atom. The lowest BCUT2D eigenvalue weighted by atomic mass is 9.85. The molecule has 11 heteroatoms. The van der Waals surface area contributed by atoms with E-state index in [-0.39, 0.29) is 23.0 Å². The van der Waals surface area contributed by atoms with Crippen molar-refractivity contribution in [2.45, 2.75) is 56.9 Å². The predicted molar refractivity (Wildman–Crippen MR) is 126 cm³/mol. The summed E-state index contributed by atoms with van der Waals surface area (Å²) in [4.78, 5) is 11.5. The molecule has 34 heavy (non-hydrogen) atoms. The van der Waals surface area contributed by atoms with Gasteiger partial charge in [-0.05, 0) is 60.4 Å². The van der Waals surface area contributed by atoms with Crippen molar-refractivity contribution in [3.05, 3.63) is 79.9 Å². The highest BCUT2D eigenvalue weighted by Crippen LogP contribution is 2.37. The zero-order valence-corrected chi connectivity index (χ0v) is 21.0. The van der Waals surface area contributed by atoms with Gasteiger partial charge in [-0.1, -0.05) is 38.4 Å². The van der Waals surface area contributed by atoms with E-state index >= 15 is 0 Å². The van der Waals surface area contributed by atoms with Crippen molar-refractivity contribution < 1.29 is 22.3 Å². The molecule has 1 aromatic heterocycles. The van der Waals surface area contributed by atoms with E-state index < -0.39 is 39.0 Å². The number of hydrogen-bond acceptors (Lipinski definition) is 6. The topological polar surface area (TPSA) is 125 Å². The maximum atomic E-state index is 14.9. The highest BCUT2D eigenvalue weighted by molar-refractivity contribution is 7.89. The van der Waals surface area contributed by atoms with Gasteiger partial charge >= 0.3 is 5.76 Å². The number of hydrogen-bond donors (Lipinski definition) is 3. The van der Waals surface area contributed by atoms with Gasteiger partial charge in [0.05, 0.1) is 11.5 Å². The average molecular weight is 512 g/mol. The van der Waals surface area contributed by atoms with Crippen LogP contribution in [0, 0.1) is 19.7 Å². The van der Waals surface area contributed by atoms with Crippen molar-refractivity contribution in [1.29, 1.82) is 0 Å². The van der Waals surface area contributed by atoms with Crippen molar-refractivity contribution >= 4 is 21.6 Å². The third kappa shape index (κ3) is 5.10. The zero-order chi connectivity index (χ0) is 25.4. The molecule has 0 bridgehead atoms. The summed E-state index contributed by atoms with van der Waals surface area (Å²) >= 11 is 6.11. The molecule has 0 aliphatic rings. The molecule has 0 aliphatic carbocycles. The summed E-state index contributed by atoms with van der Waals surface area (Å²) in [5, 5.41) is 16.1. The van der Waals surface area contributed by atoms with E-state index in [2.05, 4.69) is 14.9 Å². The van der Waals surface area contributed by atoms with Gasteiger partial charge in [0.15, 0.2) is 0 Å². The molecule has 1 unspecified atom stereocenters. The minimum atomic E-state index is -4.29. The minimum Gasteiger partial charge on any atom is -0.395 e. The van der Waals surface area contributed by atoms with Crippen molar-refractivity contribution in [2.75, 3.05) is 6.61 Å². The zero-order valence-electron chi connectivity index (χ0n) is 19.4. The van der Waals surface area contributed by atoms with Crippen molar-refractivity contribution in [3.63, 3.8) is 0 Å². The number of nitrogens with zero attached hydrogens (tertiary/aromatic N) is 1. The minimum absolute atomic E-state index is 0.118. The molecule has 0 amide bonds. The van der Waals surface area contributed by atoms with Crippen LogP contribution in [0.5, 0.6) is 0 Å². The lowest BCUT2D eigenvalue weighted by Gasteiger charge is -2.28. The first kappa shape index (κ1) is 26.1. The fraction of sp³-hybridized carbons (Fsp3) is 0.391. The molecule has 0 saturated heterocycles. The molecule has 0 fully saturated rings. The summed E-state index contributed by atoms with van der Waals surface area (Å²) in [6.07, 6.45) is 0. The van der Waals surface area contributed by atoms with E-state index in [0.717, 1.165) is 5.56 Å². The summed E-state index contributed by atoms with van der Waals surface area (Å²) in [5.41, 5.74) is 1.09. The van der Waals surface area contributed by atoms with Gasteiger partial charge in [0, 0.05) is 16.4 Å². The van der Waals surface area contributed by atoms with Crippen LogP contribution in [0.4, 0.5) is 4.39 Å². The molecule has 184 valence electrons. The van der Waals surface area contributed by atoms with Gasteiger partial charge in [-0.2, -0.15) is 4.72 Å². The average Bonchev–Trinajstić information content (AvgIpc) is 3.20. The molecule has 8 nitrogen and oxygen atoms in total. The van der Waals surface area contributed by atoms with Crippen molar-refractivity contribution in [1.82, 2.24) is 14.9 Å². The van der Waals surface area contributed by atoms with E-state index in [1.165, 1.54) is 24.3 Å². The number of halogens is 2. The molecule has 0 saturated carbocycles. The highest BCUT2D eigenvalue weighted by Gasteiger charge is 2.36. The van der Waals surface area contributed by atoms with Gasteiger partial charge in [0.2, 0.25) is 15.9 Å². The standard InChI is InChI=1S/C23H27ClFN3O5S/c1-12-6-8-17(25)19(13(12)2)14(3)20(21-26-27-22(30)33-21)28-34(31,32)18-9-7-15(24)10-16(18)23(4,5)11-29/h6-10,14,20,28-29H,11H2,1-5H3,(H,27,30)/t14?,20-/m0/s1. The van der Waals surface area contributed by atoms with Crippen LogP contribution in [0.2, 0.25) is 5.02 Å². The van der Waals surface area contributed by atoms with E-state index in [0.29, 0.717) is 16.1 Å². The number of aromatic nitrogens is 2. The van der Waals surface area contributed by atoms with Gasteiger partial charge in [0.25, 0.3) is 0 Å². The number of nitrogens with one attached hydrogen (secondary N) is 2. The summed E-state index contributed by atoms with van der Waals surface area (Å²) < 4.78 is 49.7. The largest absolute Gasteiger partial charge is 0.434 e. The molecule has 0 radical (unpaired) electrons. The number of rotatable bonds is 8. The lowest BCUT2D eigenvalue weighted by Crippen LogP contribution is -2.35. The fourth-order valence-electron chi connectivity index (χ4n) is 3.85. The van der Waals surface area contributed by atoms with Crippen LogP contribution in [0.25, 0.3) is 0 Å². The molecule has 2 atom stereocenters. The molecule has 0 spiro atoms. The Bertz CT molecular complexity index is 1370. The summed E-state index contributed by atoms with van der Waals surface area (Å²) in [5.74, 6) is -2.44. The monoisotopic (exact) mass is 511 g/mol. The number of sulfonamides is 1. The molecule has 3 rings (SSSR count). The number of benzene rings is 2. The second-order valence-corrected chi connectivity index (χ2v) is 11.0. The molecule has 3 aromatic rings. The Labute approximate surface area is 202 Å². The maximum absolute atomic E-state index is 14.9. The molecule has 0 aliphatic heterocycles. The molecular formula is C23H27ClFN3O5S. The Balaban J connectivity index is 2.16. The first-order valence-electron chi connectivity index (χ1n) is 10.5. The number of aromatic amines is 1. The first-order valence-corrected chi connectivity index (χ1v) is 12.4. The number of aliphatic hydroxyl groups excluding tert-OH is 1. The van der Waals surface area contributed by atoms with Crippen LogP contribution in [0.15, 0.2) is 44.4 Å². The summed E-state index contributed by atoms with van der Waals surface area (Å²) in [7, 11) is -4.29. The van der Waals surface area contributed by atoms with Gasteiger partial charge in [-0.3, -0.25) is 0 Å². The van der Waals surface area contributed by atoms with Gasteiger partial charge in [-0.15, -0.1) is 5.10 Å². The number of H-pyrrole nitrogens is 1. The first-order chi connectivity index (χ1) is 15.8. The van der Waals surface area contributed by atoms with E-state index in [9.17, 15) is 22.7 Å². The third-order valence-electron chi connectivity index (χ3n) is 6.05. The highest BCUT2D eigenvalue weighted by atomic mass is 35.5. The van der Waals surface area contributed by atoms with Crippen LogP contribution in [-0.2, 0) is 15.4 Å². The smallest absolute Gasteiger partial charge is 0.395 e. The number of aliphatic hydroxyl groups is 1. The quantitative estimate of drug-likeness (QED) is 0.421. The number of aryl methyl sites for hydroxylation is 1. The van der Waals surface area contributed by atoms with Crippen LogP contribution >= 0.6 is 11.6 Å². The van der Waals surface area contributed by atoms with E-state index in [1.54, 1.807) is 33.8 Å². The normalized spacial score (nSPS) is 14.2. The Kier molecular flexibility index (Phi) is 7.37. The fourth-order valence-corrected chi connectivity index (χ4v) is 5.66. The summed E-state index contributed by atoms with van der Waals surface area (Å²) in [6, 6.07) is 5.94. The lowest BCUT2D eigenvalue weighted by molar-refractivity contribution is 0.216.